The van der Waals surface area contributed by atoms with E-state index in [1.807, 2.05) is 0 Å². The Morgan fingerprint density at radius 2 is 1.19 bits per heavy atom. The Bertz CT molecular complexity index is 306. The fraction of sp³-hybridized carbons (Fsp3) is 0.500. The first-order valence-electron chi connectivity index (χ1n) is 5.58. The van der Waals surface area contributed by atoms with Crippen molar-refractivity contribution in [2.45, 2.75) is 39.3 Å². The fourth-order valence-corrected chi connectivity index (χ4v) is 12.3. The summed E-state index contributed by atoms with van der Waals surface area (Å²) in [7, 11) is -2.54. The molecule has 0 aromatic heterocycles. The number of hydrogen-bond acceptors (Lipinski definition) is 1. The number of rotatable bonds is 3. The van der Waals surface area contributed by atoms with Gasteiger partial charge in [-0.1, -0.05) is 57.5 Å². The van der Waals surface area contributed by atoms with E-state index in [-0.39, 0.29) is 20.3 Å². The van der Waals surface area contributed by atoms with Crippen LogP contribution in [-0.4, -0.2) is 16.5 Å². The van der Waals surface area contributed by atoms with Gasteiger partial charge in [-0.25, -0.2) is 0 Å². The van der Waals surface area contributed by atoms with Gasteiger partial charge in [-0.2, -0.15) is 0 Å². The summed E-state index contributed by atoms with van der Waals surface area (Å²) >= 11 is 0. The van der Waals surface area contributed by atoms with Crippen molar-refractivity contribution in [2.24, 2.45) is 0 Å². The molecule has 0 N–H and O–H groups in total. The predicted octanol–water partition coefficient (Wildman–Crippen LogP) is 1.28. The smallest absolute Gasteiger partial charge is 1.00 e. The summed E-state index contributed by atoms with van der Waals surface area (Å²) in [4.78, 5) is 0. The van der Waals surface area contributed by atoms with E-state index in [1.54, 1.807) is 0 Å². The van der Waals surface area contributed by atoms with Gasteiger partial charge in [-0.05, 0) is 12.1 Å². The van der Waals surface area contributed by atoms with E-state index >= 15 is 0 Å². The fourth-order valence-electron chi connectivity index (χ4n) is 2.36. The van der Waals surface area contributed by atoms with E-state index in [4.69, 9.17) is 0 Å². The summed E-state index contributed by atoms with van der Waals surface area (Å²) < 4.78 is 2.74. The molecule has 0 unspecified atom stereocenters. The van der Waals surface area contributed by atoms with E-state index in [1.165, 1.54) is 5.69 Å². The topological polar surface area (TPSA) is 3.24 Å². The number of para-hydroxylation sites is 1. The van der Waals surface area contributed by atoms with Crippen molar-refractivity contribution < 1.29 is 20.3 Å². The van der Waals surface area contributed by atoms with Crippen LogP contribution in [0.25, 0.3) is 0 Å². The normalized spacial score (nSPS) is 11.9. The Hall–Kier alpha value is 0.0512. The average Bonchev–Trinajstić information content (AvgIpc) is 2.00. The summed E-state index contributed by atoms with van der Waals surface area (Å²) in [5.74, 6) is 0. The SMILES string of the molecule is C[Si](C)(C)N(c1ccccc1)[Si](C)(C)C.[H-].[Li+]. The van der Waals surface area contributed by atoms with Crippen molar-refractivity contribution >= 4 is 22.2 Å². The maximum absolute atomic E-state index is 2.74. The van der Waals surface area contributed by atoms with Crippen LogP contribution < -0.4 is 23.1 Å². The first kappa shape index (κ1) is 16.1. The van der Waals surface area contributed by atoms with Gasteiger partial charge in [-0.3, -0.25) is 0 Å². The van der Waals surface area contributed by atoms with Gasteiger partial charge in [0.25, 0.3) is 0 Å². The van der Waals surface area contributed by atoms with E-state index in [2.05, 4.69) is 73.8 Å². The van der Waals surface area contributed by atoms with E-state index in [0.29, 0.717) is 0 Å². The Morgan fingerprint density at radius 1 is 0.812 bits per heavy atom. The molecule has 0 spiro atoms. The van der Waals surface area contributed by atoms with Crippen molar-refractivity contribution in [3.8, 4) is 0 Å². The summed E-state index contributed by atoms with van der Waals surface area (Å²) in [6.45, 7) is 14.6. The van der Waals surface area contributed by atoms with Gasteiger partial charge in [-0.15, -0.1) is 0 Å². The first-order valence-corrected chi connectivity index (χ1v) is 12.5. The summed E-state index contributed by atoms with van der Waals surface area (Å²) in [6, 6.07) is 10.9. The molecule has 4 heteroatoms. The molecule has 16 heavy (non-hydrogen) atoms. The van der Waals surface area contributed by atoms with Gasteiger partial charge < -0.3 is 5.66 Å². The predicted molar refractivity (Wildman–Crippen MR) is 76.7 cm³/mol. The van der Waals surface area contributed by atoms with Crippen molar-refractivity contribution in [1.82, 2.24) is 0 Å². The minimum absolute atomic E-state index is 0. The molecule has 0 saturated heterocycles. The third-order valence-electron chi connectivity index (χ3n) is 2.36. The van der Waals surface area contributed by atoms with Crippen LogP contribution in [0.15, 0.2) is 30.3 Å². The van der Waals surface area contributed by atoms with Crippen LogP contribution >= 0.6 is 0 Å². The van der Waals surface area contributed by atoms with Crippen LogP contribution in [0.3, 0.4) is 0 Å². The zero-order chi connectivity index (χ0) is 11.7. The minimum Gasteiger partial charge on any atom is -1.00 e. The molecule has 1 aromatic rings. The van der Waals surface area contributed by atoms with Gasteiger partial charge in [0, 0.05) is 5.69 Å². The molecule has 0 saturated carbocycles. The molecule has 1 aromatic carbocycles. The third kappa shape index (κ3) is 4.14. The van der Waals surface area contributed by atoms with Gasteiger partial charge in [0.1, 0.15) is 16.5 Å². The van der Waals surface area contributed by atoms with E-state index in [9.17, 15) is 0 Å². The van der Waals surface area contributed by atoms with Gasteiger partial charge >= 0.3 is 18.9 Å². The van der Waals surface area contributed by atoms with E-state index < -0.39 is 16.5 Å². The van der Waals surface area contributed by atoms with Gasteiger partial charge in [0.05, 0.1) is 0 Å². The van der Waals surface area contributed by atoms with Crippen molar-refractivity contribution in [3.05, 3.63) is 30.3 Å². The standard InChI is InChI=1S/C12H23NSi2.Li.H/c1-14(2,3)13(15(4,5)6)12-10-8-7-9-11-12;;/h7-11H,1-6H3;;/q;+1;-1. The zero-order valence-corrected chi connectivity index (χ0v) is 13.8. The van der Waals surface area contributed by atoms with Crippen molar-refractivity contribution in [3.63, 3.8) is 0 Å². The molecule has 0 amide bonds. The Kier molecular flexibility index (Phi) is 5.61. The first-order chi connectivity index (χ1) is 6.73. The van der Waals surface area contributed by atoms with Crippen LogP contribution in [0.5, 0.6) is 0 Å². The van der Waals surface area contributed by atoms with Crippen LogP contribution in [0, 0.1) is 0 Å². The van der Waals surface area contributed by atoms with Crippen LogP contribution in [0.4, 0.5) is 5.69 Å². The molecular weight excluding hydrogens is 221 g/mol. The summed E-state index contributed by atoms with van der Waals surface area (Å²) in [6.07, 6.45) is 0. The number of anilines is 1. The molecule has 0 bridgehead atoms. The second kappa shape index (κ2) is 5.59. The molecule has 0 heterocycles. The quantitative estimate of drug-likeness (QED) is 0.725. The minimum atomic E-state index is -1.27. The maximum atomic E-state index is 2.74. The average molecular weight is 245 g/mol. The Morgan fingerprint density at radius 3 is 1.50 bits per heavy atom. The third-order valence-corrected chi connectivity index (χ3v) is 9.58. The summed E-state index contributed by atoms with van der Waals surface area (Å²) in [5.41, 5.74) is 1.41. The Labute approximate surface area is 116 Å². The van der Waals surface area contributed by atoms with Crippen LogP contribution in [0.2, 0.25) is 39.3 Å². The van der Waals surface area contributed by atoms with Crippen molar-refractivity contribution in [1.29, 1.82) is 0 Å². The number of hydrogen-bond donors (Lipinski definition) is 0. The van der Waals surface area contributed by atoms with Crippen LogP contribution in [-0.2, 0) is 0 Å². The Balaban J connectivity index is 0. The van der Waals surface area contributed by atoms with Crippen molar-refractivity contribution in [2.75, 3.05) is 4.23 Å². The van der Waals surface area contributed by atoms with Gasteiger partial charge in [0.15, 0.2) is 0 Å². The monoisotopic (exact) mass is 245 g/mol. The maximum Gasteiger partial charge on any atom is 1.00 e. The van der Waals surface area contributed by atoms with Crippen LogP contribution in [0.1, 0.15) is 1.43 Å². The van der Waals surface area contributed by atoms with Gasteiger partial charge in [0.2, 0.25) is 0 Å². The molecule has 0 aliphatic rings. The molecule has 0 atom stereocenters. The molecule has 86 valence electrons. The molecule has 0 fully saturated rings. The zero-order valence-electron chi connectivity index (χ0n) is 12.8. The molecule has 1 nitrogen and oxygen atoms in total. The molecule has 0 aliphatic heterocycles. The number of benzene rings is 1. The van der Waals surface area contributed by atoms with E-state index in [0.717, 1.165) is 0 Å². The molecular formula is C12H24LiNSi2. The second-order valence-corrected chi connectivity index (χ2v) is 16.0. The molecule has 0 radical (unpaired) electrons. The number of nitrogens with zero attached hydrogens (tertiary/aromatic N) is 1. The molecule has 0 aliphatic carbocycles. The summed E-state index contributed by atoms with van der Waals surface area (Å²) in [5, 5.41) is 0. The molecule has 1 rings (SSSR count). The largest absolute Gasteiger partial charge is 1.00 e. The second-order valence-electron chi connectivity index (χ2n) is 6.01.